The lowest BCUT2D eigenvalue weighted by Gasteiger charge is -2.40. The quantitative estimate of drug-likeness (QED) is 0.0218. The molecule has 11 heteroatoms. The summed E-state index contributed by atoms with van der Waals surface area (Å²) in [6, 6.07) is -1.19. The Labute approximate surface area is 365 Å². The molecule has 354 valence electrons. The fourth-order valence-corrected chi connectivity index (χ4v) is 7.88. The molecule has 1 saturated heterocycles. The minimum Gasteiger partial charge on any atom is -0.394 e. The van der Waals surface area contributed by atoms with Crippen LogP contribution in [-0.4, -0.2) is 110 Å². The molecule has 1 fully saturated rings. The maximum absolute atomic E-state index is 13.1. The lowest BCUT2D eigenvalue weighted by molar-refractivity contribution is -0.303. The van der Waals surface area contributed by atoms with E-state index in [2.05, 4.69) is 37.4 Å². The number of aliphatic hydroxyl groups excluding tert-OH is 7. The summed E-state index contributed by atoms with van der Waals surface area (Å²) in [7, 11) is 0. The van der Waals surface area contributed by atoms with E-state index in [1.165, 1.54) is 122 Å². The number of carbonyl (C=O) groups excluding carboxylic acids is 1. The number of aliphatic hydroxyl groups is 7. The Morgan fingerprint density at radius 2 is 1.02 bits per heavy atom. The van der Waals surface area contributed by atoms with Gasteiger partial charge in [0.25, 0.3) is 0 Å². The van der Waals surface area contributed by atoms with Gasteiger partial charge in [0.2, 0.25) is 5.91 Å². The highest BCUT2D eigenvalue weighted by molar-refractivity contribution is 5.80. The Hall–Kier alpha value is -1.41. The number of ether oxygens (including phenoxy) is 2. The van der Waals surface area contributed by atoms with Crippen LogP contribution in [-0.2, 0) is 14.3 Å². The van der Waals surface area contributed by atoms with Crippen molar-refractivity contribution in [1.29, 1.82) is 0 Å². The summed E-state index contributed by atoms with van der Waals surface area (Å²) in [5.41, 5.74) is 0. The van der Waals surface area contributed by atoms with Gasteiger partial charge in [0.1, 0.15) is 36.6 Å². The summed E-state index contributed by atoms with van der Waals surface area (Å²) < 4.78 is 11.1. The Morgan fingerprint density at radius 3 is 1.48 bits per heavy atom. The molecule has 1 aliphatic heterocycles. The van der Waals surface area contributed by atoms with E-state index in [-0.39, 0.29) is 12.8 Å². The second-order valence-electron chi connectivity index (χ2n) is 17.5. The predicted octanol–water partition coefficient (Wildman–Crippen LogP) is 8.62. The number of rotatable bonds is 41. The molecule has 0 radical (unpaired) electrons. The molecule has 11 nitrogen and oxygen atoms in total. The minimum absolute atomic E-state index is 0.246. The van der Waals surface area contributed by atoms with Crippen LogP contribution in [0.25, 0.3) is 0 Å². The summed E-state index contributed by atoms with van der Waals surface area (Å²) in [6.07, 6.45) is 32.6. The molecule has 1 heterocycles. The number of amides is 1. The summed E-state index contributed by atoms with van der Waals surface area (Å²) >= 11 is 0. The van der Waals surface area contributed by atoms with Crippen LogP contribution in [0.2, 0.25) is 0 Å². The number of carbonyl (C=O) groups is 1. The molecule has 0 saturated carbocycles. The highest BCUT2D eigenvalue weighted by Gasteiger charge is 2.44. The minimum atomic E-state index is -1.67. The molecule has 0 bridgehead atoms. The average molecular weight is 856 g/mol. The van der Waals surface area contributed by atoms with Gasteiger partial charge in [-0.05, 0) is 44.9 Å². The zero-order chi connectivity index (χ0) is 44.1. The number of hydrogen-bond acceptors (Lipinski definition) is 10. The van der Waals surface area contributed by atoms with Gasteiger partial charge in [-0.3, -0.25) is 4.79 Å². The maximum atomic E-state index is 13.1. The molecule has 0 aromatic heterocycles. The third-order valence-electron chi connectivity index (χ3n) is 12.0. The highest BCUT2D eigenvalue weighted by atomic mass is 16.7. The van der Waals surface area contributed by atoms with E-state index in [1.54, 1.807) is 0 Å². The molecular formula is C49H93NO10. The molecule has 60 heavy (non-hydrogen) atoms. The summed E-state index contributed by atoms with van der Waals surface area (Å²) in [4.78, 5) is 13.1. The van der Waals surface area contributed by atoms with Crippen molar-refractivity contribution in [2.45, 2.75) is 268 Å². The molecule has 9 atom stereocenters. The van der Waals surface area contributed by atoms with E-state index < -0.39 is 74.2 Å². The van der Waals surface area contributed by atoms with Gasteiger partial charge in [0.15, 0.2) is 6.29 Å². The first kappa shape index (κ1) is 56.6. The molecule has 0 aromatic carbocycles. The van der Waals surface area contributed by atoms with Gasteiger partial charge in [-0.25, -0.2) is 0 Å². The lowest BCUT2D eigenvalue weighted by Crippen LogP contribution is -2.60. The zero-order valence-electron chi connectivity index (χ0n) is 38.2. The van der Waals surface area contributed by atoms with Gasteiger partial charge in [0.05, 0.1) is 25.4 Å². The van der Waals surface area contributed by atoms with Crippen molar-refractivity contribution < 1.29 is 50.0 Å². The topological polar surface area (TPSA) is 189 Å². The third-order valence-corrected chi connectivity index (χ3v) is 12.0. The number of unbranched alkanes of at least 4 members (excludes halogenated alkanes) is 25. The van der Waals surface area contributed by atoms with Crippen LogP contribution >= 0.6 is 0 Å². The second kappa shape index (κ2) is 39.2. The monoisotopic (exact) mass is 856 g/mol. The van der Waals surface area contributed by atoms with Crippen LogP contribution in [0.4, 0.5) is 0 Å². The normalized spacial score (nSPS) is 21.8. The van der Waals surface area contributed by atoms with E-state index in [4.69, 9.17) is 9.47 Å². The van der Waals surface area contributed by atoms with Crippen LogP contribution in [0.1, 0.15) is 213 Å². The SMILES string of the molecule is CCC/C=C/CC/C=C/CCCC(O)C(O)C(COC1OC(CO)C(O)C(O)C1O)NC(=O)C(O)CCCCCCCCCCCCCCCCCCCCCCCCC. The van der Waals surface area contributed by atoms with Crippen LogP contribution in [0.3, 0.4) is 0 Å². The lowest BCUT2D eigenvalue weighted by atomic mass is 9.98. The Bertz CT molecular complexity index is 1030. The van der Waals surface area contributed by atoms with Gasteiger partial charge in [-0.15, -0.1) is 0 Å². The van der Waals surface area contributed by atoms with Crippen LogP contribution in [0.5, 0.6) is 0 Å². The van der Waals surface area contributed by atoms with Gasteiger partial charge in [-0.1, -0.05) is 192 Å². The van der Waals surface area contributed by atoms with Crippen LogP contribution in [0.15, 0.2) is 24.3 Å². The molecule has 0 aliphatic carbocycles. The van der Waals surface area contributed by atoms with Gasteiger partial charge in [-0.2, -0.15) is 0 Å². The first-order valence-corrected chi connectivity index (χ1v) is 24.7. The number of allylic oxidation sites excluding steroid dienone is 4. The first-order chi connectivity index (χ1) is 29.2. The fourth-order valence-electron chi connectivity index (χ4n) is 7.88. The van der Waals surface area contributed by atoms with E-state index in [9.17, 15) is 40.5 Å². The largest absolute Gasteiger partial charge is 0.394 e. The molecule has 0 aromatic rings. The molecule has 1 rings (SSSR count). The third kappa shape index (κ3) is 28.3. The molecule has 8 N–H and O–H groups in total. The summed E-state index contributed by atoms with van der Waals surface area (Å²) in [6.45, 7) is 3.35. The van der Waals surface area contributed by atoms with Crippen molar-refractivity contribution in [3.05, 3.63) is 24.3 Å². The zero-order valence-corrected chi connectivity index (χ0v) is 38.2. The molecule has 1 aliphatic rings. The van der Waals surface area contributed by atoms with Crippen molar-refractivity contribution in [3.8, 4) is 0 Å². The van der Waals surface area contributed by atoms with E-state index in [0.29, 0.717) is 19.3 Å². The highest BCUT2D eigenvalue weighted by Crippen LogP contribution is 2.23. The predicted molar refractivity (Wildman–Crippen MR) is 242 cm³/mol. The Morgan fingerprint density at radius 1 is 0.567 bits per heavy atom. The fraction of sp³-hybridized carbons (Fsp3) is 0.898. The van der Waals surface area contributed by atoms with E-state index in [1.807, 2.05) is 6.08 Å². The van der Waals surface area contributed by atoms with E-state index >= 15 is 0 Å². The van der Waals surface area contributed by atoms with E-state index in [0.717, 1.165) is 44.9 Å². The van der Waals surface area contributed by atoms with Crippen LogP contribution < -0.4 is 5.32 Å². The molecular weight excluding hydrogens is 763 g/mol. The van der Waals surface area contributed by atoms with Crippen LogP contribution in [0, 0.1) is 0 Å². The Balaban J connectivity index is 2.32. The molecule has 0 spiro atoms. The maximum Gasteiger partial charge on any atom is 0.249 e. The Kier molecular flexibility index (Phi) is 37.0. The number of nitrogens with one attached hydrogen (secondary N) is 1. The van der Waals surface area contributed by atoms with Crippen molar-refractivity contribution >= 4 is 5.91 Å². The molecule has 9 unspecified atom stereocenters. The summed E-state index contributed by atoms with van der Waals surface area (Å²) in [5.74, 6) is -0.710. The first-order valence-electron chi connectivity index (χ1n) is 24.7. The smallest absolute Gasteiger partial charge is 0.249 e. The molecule has 1 amide bonds. The second-order valence-corrected chi connectivity index (χ2v) is 17.5. The summed E-state index contributed by atoms with van der Waals surface area (Å²) in [5, 5.41) is 75.5. The van der Waals surface area contributed by atoms with Gasteiger partial charge < -0.3 is 50.5 Å². The standard InChI is InChI=1S/C49H93NO10/c1-3-5-7-9-11-13-15-16-17-18-19-20-21-22-23-24-25-26-27-29-31-33-35-37-42(53)48(58)50-40(39-59-49-47(57)46(56)45(55)43(38-51)60-49)44(54)41(52)36-34-32-30-28-14-12-10-8-6-4-2/h8,10,28,30,40-47,49,51-57H,3-7,9,11-27,29,31-39H2,1-2H3,(H,50,58)/b10-8+,30-28+. The van der Waals surface area contributed by atoms with Crippen molar-refractivity contribution in [2.24, 2.45) is 0 Å². The number of hydrogen-bond donors (Lipinski definition) is 8. The van der Waals surface area contributed by atoms with Crippen molar-refractivity contribution in [2.75, 3.05) is 13.2 Å². The van der Waals surface area contributed by atoms with Gasteiger partial charge >= 0.3 is 0 Å². The van der Waals surface area contributed by atoms with Crippen molar-refractivity contribution in [3.63, 3.8) is 0 Å². The van der Waals surface area contributed by atoms with Crippen molar-refractivity contribution in [1.82, 2.24) is 5.32 Å². The van der Waals surface area contributed by atoms with Gasteiger partial charge in [0, 0.05) is 0 Å². The average Bonchev–Trinajstić information content (AvgIpc) is 3.25.